The first-order chi connectivity index (χ1) is 5.86. The van der Waals surface area contributed by atoms with Crippen molar-refractivity contribution in [3.05, 3.63) is 0 Å². The van der Waals surface area contributed by atoms with Gasteiger partial charge in [0, 0.05) is 38.7 Å². The largest absolute Gasteiger partial charge is 0.313 e. The first kappa shape index (κ1) is 9.52. The van der Waals surface area contributed by atoms with Gasteiger partial charge in [-0.25, -0.2) is 0 Å². The van der Waals surface area contributed by atoms with Crippen LogP contribution in [0.4, 0.5) is 0 Å². The number of nitrogens with zero attached hydrogens (tertiary/aromatic N) is 2. The minimum absolute atomic E-state index is 1.14. The average molecular weight is 169 g/mol. The Balaban J connectivity index is 2.24. The summed E-state index contributed by atoms with van der Waals surface area (Å²) in [6, 6.07) is 0. The fourth-order valence-corrected chi connectivity index (χ4v) is 1.62. The zero-order valence-corrected chi connectivity index (χ0v) is 8.14. The van der Waals surface area contributed by atoms with Gasteiger partial charge < -0.3 is 10.3 Å². The number of hydrogen-bond donors (Lipinski definition) is 1. The molecule has 0 aliphatic carbocycles. The Bertz CT molecular complexity index is 144. The molecule has 12 heavy (non-hydrogen) atoms. The molecule has 0 atom stereocenters. The molecular formula is C9H19N3. The van der Waals surface area contributed by atoms with Gasteiger partial charge in [0.05, 0.1) is 0 Å². The Labute approximate surface area is 74.8 Å². The van der Waals surface area contributed by atoms with E-state index in [1.807, 2.05) is 7.05 Å². The van der Waals surface area contributed by atoms with Gasteiger partial charge in [-0.05, 0) is 13.0 Å². The summed E-state index contributed by atoms with van der Waals surface area (Å²) < 4.78 is 0. The molecule has 1 rings (SSSR count). The Hall–Kier alpha value is -0.570. The normalized spacial score (nSPS) is 19.3. The molecule has 0 aromatic carbocycles. The highest BCUT2D eigenvalue weighted by Gasteiger charge is 2.13. The van der Waals surface area contributed by atoms with Crippen LogP contribution in [0.3, 0.4) is 0 Å². The van der Waals surface area contributed by atoms with Gasteiger partial charge in [0.25, 0.3) is 0 Å². The molecule has 1 aliphatic heterocycles. The minimum atomic E-state index is 1.14. The number of piperidine rings is 1. The van der Waals surface area contributed by atoms with E-state index >= 15 is 0 Å². The van der Waals surface area contributed by atoms with Gasteiger partial charge in [-0.3, -0.25) is 0 Å². The number of likely N-dealkylation sites (tertiary alicyclic amines) is 1. The zero-order valence-electron chi connectivity index (χ0n) is 8.14. The summed E-state index contributed by atoms with van der Waals surface area (Å²) in [4.78, 5) is 2.51. The molecule has 0 aromatic rings. The first-order valence-corrected chi connectivity index (χ1v) is 4.81. The summed E-state index contributed by atoms with van der Waals surface area (Å²) in [7, 11) is 1.87. The Morgan fingerprint density at radius 3 is 2.58 bits per heavy atom. The van der Waals surface area contributed by atoms with Gasteiger partial charge in [-0.2, -0.15) is 5.10 Å². The van der Waals surface area contributed by atoms with Crippen molar-refractivity contribution in [2.45, 2.75) is 26.2 Å². The zero-order chi connectivity index (χ0) is 8.81. The van der Waals surface area contributed by atoms with Crippen LogP contribution in [0.5, 0.6) is 0 Å². The number of nitrogens with one attached hydrogen (secondary N) is 1. The SMILES string of the molecule is CCCN1CCC(=NNC)CC1. The second-order valence-corrected chi connectivity index (χ2v) is 3.24. The lowest BCUT2D eigenvalue weighted by Gasteiger charge is -2.26. The number of hydrazone groups is 1. The van der Waals surface area contributed by atoms with Crippen LogP contribution in [0.15, 0.2) is 5.10 Å². The van der Waals surface area contributed by atoms with E-state index in [2.05, 4.69) is 22.4 Å². The van der Waals surface area contributed by atoms with Crippen LogP contribution in [0.25, 0.3) is 0 Å². The van der Waals surface area contributed by atoms with Crippen molar-refractivity contribution in [1.29, 1.82) is 0 Å². The summed E-state index contributed by atoms with van der Waals surface area (Å²) in [6.07, 6.45) is 3.54. The highest BCUT2D eigenvalue weighted by molar-refractivity contribution is 5.85. The molecule has 1 heterocycles. The standard InChI is InChI=1S/C9H19N3/c1-3-6-12-7-4-9(5-8-12)11-10-2/h10H,3-8H2,1-2H3. The molecule has 1 saturated heterocycles. The van der Waals surface area contributed by atoms with Gasteiger partial charge in [0.1, 0.15) is 0 Å². The van der Waals surface area contributed by atoms with Crippen LogP contribution in [0, 0.1) is 0 Å². The fraction of sp³-hybridized carbons (Fsp3) is 0.889. The quantitative estimate of drug-likeness (QED) is 0.640. The van der Waals surface area contributed by atoms with E-state index in [0.717, 1.165) is 12.8 Å². The molecule has 1 aliphatic rings. The second kappa shape index (κ2) is 5.14. The van der Waals surface area contributed by atoms with Crippen LogP contribution in [0.1, 0.15) is 26.2 Å². The Morgan fingerprint density at radius 2 is 2.08 bits per heavy atom. The molecule has 0 amide bonds. The van der Waals surface area contributed by atoms with E-state index in [0.29, 0.717) is 0 Å². The molecule has 3 nitrogen and oxygen atoms in total. The van der Waals surface area contributed by atoms with Crippen molar-refractivity contribution in [2.75, 3.05) is 26.7 Å². The van der Waals surface area contributed by atoms with Crippen molar-refractivity contribution < 1.29 is 0 Å². The summed E-state index contributed by atoms with van der Waals surface area (Å²) in [5, 5.41) is 4.22. The van der Waals surface area contributed by atoms with Gasteiger partial charge in [-0.1, -0.05) is 6.92 Å². The van der Waals surface area contributed by atoms with E-state index in [1.165, 1.54) is 31.8 Å². The maximum atomic E-state index is 4.22. The van der Waals surface area contributed by atoms with E-state index in [4.69, 9.17) is 0 Å². The smallest absolute Gasteiger partial charge is 0.0403 e. The third-order valence-corrected chi connectivity index (χ3v) is 2.24. The second-order valence-electron chi connectivity index (χ2n) is 3.24. The van der Waals surface area contributed by atoms with Gasteiger partial charge >= 0.3 is 0 Å². The van der Waals surface area contributed by atoms with Crippen molar-refractivity contribution in [3.8, 4) is 0 Å². The molecule has 0 radical (unpaired) electrons. The van der Waals surface area contributed by atoms with Crippen molar-refractivity contribution in [1.82, 2.24) is 10.3 Å². The van der Waals surface area contributed by atoms with Gasteiger partial charge in [0.2, 0.25) is 0 Å². The fourth-order valence-electron chi connectivity index (χ4n) is 1.62. The van der Waals surface area contributed by atoms with Crippen molar-refractivity contribution in [3.63, 3.8) is 0 Å². The lowest BCUT2D eigenvalue weighted by molar-refractivity contribution is 0.275. The summed E-state index contributed by atoms with van der Waals surface area (Å²) >= 11 is 0. The van der Waals surface area contributed by atoms with E-state index in [-0.39, 0.29) is 0 Å². The number of rotatable bonds is 3. The van der Waals surface area contributed by atoms with Gasteiger partial charge in [0.15, 0.2) is 0 Å². The van der Waals surface area contributed by atoms with E-state index in [9.17, 15) is 0 Å². The Morgan fingerprint density at radius 1 is 1.42 bits per heavy atom. The molecule has 1 fully saturated rings. The molecule has 70 valence electrons. The summed E-state index contributed by atoms with van der Waals surface area (Å²) in [5.41, 5.74) is 4.18. The average Bonchev–Trinajstić information content (AvgIpc) is 2.09. The molecular weight excluding hydrogens is 150 g/mol. The number of hydrogen-bond acceptors (Lipinski definition) is 3. The predicted molar refractivity (Wildman–Crippen MR) is 52.5 cm³/mol. The van der Waals surface area contributed by atoms with E-state index < -0.39 is 0 Å². The van der Waals surface area contributed by atoms with Crippen LogP contribution >= 0.6 is 0 Å². The molecule has 0 aromatic heterocycles. The Kier molecular flexibility index (Phi) is 4.08. The molecule has 1 N–H and O–H groups in total. The summed E-state index contributed by atoms with van der Waals surface area (Å²) in [5.74, 6) is 0. The minimum Gasteiger partial charge on any atom is -0.313 e. The summed E-state index contributed by atoms with van der Waals surface area (Å²) in [6.45, 7) is 5.85. The highest BCUT2D eigenvalue weighted by Crippen LogP contribution is 2.06. The lowest BCUT2D eigenvalue weighted by Crippen LogP contribution is -2.34. The molecule has 3 heteroatoms. The third kappa shape index (κ3) is 2.81. The third-order valence-electron chi connectivity index (χ3n) is 2.24. The van der Waals surface area contributed by atoms with Crippen LogP contribution in [-0.4, -0.2) is 37.3 Å². The van der Waals surface area contributed by atoms with Crippen LogP contribution < -0.4 is 5.43 Å². The lowest BCUT2D eigenvalue weighted by atomic mass is 10.1. The first-order valence-electron chi connectivity index (χ1n) is 4.81. The molecule has 0 bridgehead atoms. The molecule has 0 saturated carbocycles. The molecule has 0 spiro atoms. The topological polar surface area (TPSA) is 27.6 Å². The van der Waals surface area contributed by atoms with Crippen LogP contribution in [0.2, 0.25) is 0 Å². The predicted octanol–water partition coefficient (Wildman–Crippen LogP) is 1.07. The van der Waals surface area contributed by atoms with Crippen LogP contribution in [-0.2, 0) is 0 Å². The maximum Gasteiger partial charge on any atom is 0.0403 e. The maximum absolute atomic E-state index is 4.22. The molecule has 0 unspecified atom stereocenters. The highest BCUT2D eigenvalue weighted by atomic mass is 15.3. The van der Waals surface area contributed by atoms with Gasteiger partial charge in [-0.15, -0.1) is 0 Å². The van der Waals surface area contributed by atoms with E-state index in [1.54, 1.807) is 0 Å². The monoisotopic (exact) mass is 169 g/mol. The van der Waals surface area contributed by atoms with Crippen molar-refractivity contribution in [2.24, 2.45) is 5.10 Å². The van der Waals surface area contributed by atoms with Crippen molar-refractivity contribution >= 4 is 5.71 Å².